The summed E-state index contributed by atoms with van der Waals surface area (Å²) in [5, 5.41) is 6.96. The molecule has 1 heterocycles. The summed E-state index contributed by atoms with van der Waals surface area (Å²) < 4.78 is 5.31. The first-order chi connectivity index (χ1) is 15.2. The number of rotatable bonds is 13. The summed E-state index contributed by atoms with van der Waals surface area (Å²) in [5.74, 6) is 1.02. The van der Waals surface area contributed by atoms with Crippen molar-refractivity contribution < 1.29 is 9.32 Å². The van der Waals surface area contributed by atoms with Gasteiger partial charge in [0.15, 0.2) is 0 Å². The quantitative estimate of drug-likeness (QED) is 0.378. The Labute approximate surface area is 198 Å². The predicted molar refractivity (Wildman–Crippen MR) is 130 cm³/mol. The second-order valence-corrected chi connectivity index (χ2v) is 8.92. The highest BCUT2D eigenvalue weighted by Gasteiger charge is 2.27. The smallest absolute Gasteiger partial charge is 0.246 e. The molecule has 0 unspecified atom stereocenters. The normalized spacial score (nSPS) is 17.8. The number of carbonyl (C=O) groups excluding carboxylic acids is 1. The van der Waals surface area contributed by atoms with Crippen molar-refractivity contribution in [1.29, 1.82) is 0 Å². The lowest BCUT2D eigenvalue weighted by atomic mass is 10.0. The number of nitrogens with one attached hydrogen (secondary N) is 1. The van der Waals surface area contributed by atoms with Crippen LogP contribution < -0.4 is 11.1 Å². The molecule has 32 heavy (non-hydrogen) atoms. The van der Waals surface area contributed by atoms with Gasteiger partial charge in [0.1, 0.15) is 0 Å². The molecule has 1 amide bonds. The minimum atomic E-state index is 0. The maximum absolute atomic E-state index is 12.2. The SMILES string of the molecule is CCCCCCCCCCc1ccc(-c2noc(CNC(=O)[C@@H]3CC[C@@H](N)C3)n2)cc1.Cl. The number of hydrogen-bond acceptors (Lipinski definition) is 5. The first-order valence-electron chi connectivity index (χ1n) is 12.1. The Morgan fingerprint density at radius 1 is 1.06 bits per heavy atom. The summed E-state index contributed by atoms with van der Waals surface area (Å²) >= 11 is 0. The third-order valence-corrected chi connectivity index (χ3v) is 6.26. The van der Waals surface area contributed by atoms with Crippen LogP contribution in [0.5, 0.6) is 0 Å². The lowest BCUT2D eigenvalue weighted by molar-refractivity contribution is -0.125. The molecule has 0 saturated heterocycles. The van der Waals surface area contributed by atoms with Gasteiger partial charge in [-0.1, -0.05) is 81.3 Å². The molecule has 1 aliphatic carbocycles. The van der Waals surface area contributed by atoms with Crippen LogP contribution in [0.1, 0.15) is 89.0 Å². The zero-order valence-electron chi connectivity index (χ0n) is 19.4. The summed E-state index contributed by atoms with van der Waals surface area (Å²) in [5.41, 5.74) is 8.17. The molecule has 178 valence electrons. The van der Waals surface area contributed by atoms with E-state index in [4.69, 9.17) is 10.3 Å². The fraction of sp³-hybridized carbons (Fsp3) is 0.640. The molecule has 2 aromatic rings. The van der Waals surface area contributed by atoms with E-state index in [9.17, 15) is 4.79 Å². The lowest BCUT2D eigenvalue weighted by Crippen LogP contribution is -2.30. The lowest BCUT2D eigenvalue weighted by Gasteiger charge is -2.08. The van der Waals surface area contributed by atoms with Crippen LogP contribution in [0.25, 0.3) is 11.4 Å². The third-order valence-electron chi connectivity index (χ3n) is 6.26. The maximum Gasteiger partial charge on any atom is 0.246 e. The van der Waals surface area contributed by atoms with Gasteiger partial charge in [-0.05, 0) is 37.7 Å². The maximum atomic E-state index is 12.2. The molecule has 0 spiro atoms. The fourth-order valence-corrected chi connectivity index (χ4v) is 4.29. The van der Waals surface area contributed by atoms with Crippen molar-refractivity contribution in [1.82, 2.24) is 15.5 Å². The van der Waals surface area contributed by atoms with E-state index in [-0.39, 0.29) is 36.8 Å². The summed E-state index contributed by atoms with van der Waals surface area (Å²) in [6, 6.07) is 8.54. The Morgan fingerprint density at radius 3 is 2.41 bits per heavy atom. The summed E-state index contributed by atoms with van der Waals surface area (Å²) in [4.78, 5) is 16.6. The second kappa shape index (κ2) is 14.3. The van der Waals surface area contributed by atoms with E-state index in [1.807, 2.05) is 12.1 Å². The molecule has 6 nitrogen and oxygen atoms in total. The van der Waals surface area contributed by atoms with Crippen LogP contribution in [0.15, 0.2) is 28.8 Å². The van der Waals surface area contributed by atoms with Gasteiger partial charge < -0.3 is 15.6 Å². The number of nitrogens with zero attached hydrogens (tertiary/aromatic N) is 2. The molecular weight excluding hydrogens is 424 g/mol. The highest BCUT2D eigenvalue weighted by Crippen LogP contribution is 2.24. The summed E-state index contributed by atoms with van der Waals surface area (Å²) in [7, 11) is 0. The number of halogens is 1. The molecule has 1 aliphatic rings. The number of hydrogen-bond donors (Lipinski definition) is 2. The van der Waals surface area contributed by atoms with Crippen molar-refractivity contribution in [2.45, 2.75) is 96.6 Å². The fourth-order valence-electron chi connectivity index (χ4n) is 4.29. The number of unbranched alkanes of at least 4 members (excludes halogenated alkanes) is 7. The van der Waals surface area contributed by atoms with Gasteiger partial charge >= 0.3 is 0 Å². The number of amides is 1. The van der Waals surface area contributed by atoms with Crippen LogP contribution >= 0.6 is 12.4 Å². The Hall–Kier alpha value is -1.92. The molecule has 1 fully saturated rings. The second-order valence-electron chi connectivity index (χ2n) is 8.92. The molecule has 0 radical (unpaired) electrons. The topological polar surface area (TPSA) is 94.0 Å². The Kier molecular flexibility index (Phi) is 11.7. The zero-order chi connectivity index (χ0) is 21.9. The van der Waals surface area contributed by atoms with Crippen molar-refractivity contribution in [3.63, 3.8) is 0 Å². The molecule has 2 atom stereocenters. The van der Waals surface area contributed by atoms with Crippen molar-refractivity contribution >= 4 is 18.3 Å². The van der Waals surface area contributed by atoms with Gasteiger partial charge in [-0.15, -0.1) is 12.4 Å². The van der Waals surface area contributed by atoms with E-state index in [2.05, 4.69) is 34.5 Å². The van der Waals surface area contributed by atoms with Crippen LogP contribution in [-0.4, -0.2) is 22.1 Å². The van der Waals surface area contributed by atoms with E-state index in [0.29, 0.717) is 11.7 Å². The zero-order valence-corrected chi connectivity index (χ0v) is 20.2. The van der Waals surface area contributed by atoms with Crippen LogP contribution in [0, 0.1) is 5.92 Å². The molecule has 1 saturated carbocycles. The van der Waals surface area contributed by atoms with Gasteiger partial charge in [-0.3, -0.25) is 4.79 Å². The predicted octanol–water partition coefficient (Wildman–Crippen LogP) is 5.59. The van der Waals surface area contributed by atoms with Gasteiger partial charge in [0, 0.05) is 17.5 Å². The van der Waals surface area contributed by atoms with Crippen LogP contribution in [-0.2, 0) is 17.8 Å². The minimum Gasteiger partial charge on any atom is -0.347 e. The van der Waals surface area contributed by atoms with Crippen LogP contribution in [0.3, 0.4) is 0 Å². The summed E-state index contributed by atoms with van der Waals surface area (Å²) in [6.07, 6.45) is 14.4. The van der Waals surface area contributed by atoms with Gasteiger partial charge in [0.25, 0.3) is 0 Å². The highest BCUT2D eigenvalue weighted by atomic mass is 35.5. The van der Waals surface area contributed by atoms with E-state index < -0.39 is 0 Å². The average molecular weight is 463 g/mol. The number of carbonyl (C=O) groups is 1. The first kappa shape index (κ1) is 26.3. The van der Waals surface area contributed by atoms with Gasteiger partial charge in [-0.2, -0.15) is 4.98 Å². The summed E-state index contributed by atoms with van der Waals surface area (Å²) in [6.45, 7) is 2.52. The van der Waals surface area contributed by atoms with Crippen molar-refractivity contribution in [3.05, 3.63) is 35.7 Å². The highest BCUT2D eigenvalue weighted by molar-refractivity contribution is 5.85. The molecule has 0 bridgehead atoms. The number of aryl methyl sites for hydroxylation is 1. The number of nitrogens with two attached hydrogens (primary N) is 1. The van der Waals surface area contributed by atoms with Crippen molar-refractivity contribution in [2.75, 3.05) is 0 Å². The minimum absolute atomic E-state index is 0. The first-order valence-corrected chi connectivity index (χ1v) is 12.1. The van der Waals surface area contributed by atoms with Crippen LogP contribution in [0.2, 0.25) is 0 Å². The van der Waals surface area contributed by atoms with E-state index in [1.54, 1.807) is 0 Å². The average Bonchev–Trinajstić information content (AvgIpc) is 3.44. The molecule has 3 rings (SSSR count). The molecule has 0 aliphatic heterocycles. The number of aromatic nitrogens is 2. The van der Waals surface area contributed by atoms with E-state index >= 15 is 0 Å². The van der Waals surface area contributed by atoms with Gasteiger partial charge in [-0.25, -0.2) is 0 Å². The molecule has 1 aromatic heterocycles. The Balaban J connectivity index is 0.00000363. The Morgan fingerprint density at radius 2 is 1.75 bits per heavy atom. The molecule has 1 aromatic carbocycles. The molecule has 3 N–H and O–H groups in total. The third kappa shape index (κ3) is 8.55. The standard InChI is InChI=1S/C25H38N4O2.ClH/c1-2-3-4-5-6-7-8-9-10-19-11-13-20(14-12-19)24-28-23(31-29-24)18-27-25(30)21-15-16-22(26)17-21;/h11-14,21-22H,2-10,15-18,26H2,1H3,(H,27,30);1H/t21-,22-;/m1./s1. The van der Waals surface area contributed by atoms with Gasteiger partial charge in [0.2, 0.25) is 17.6 Å². The number of benzene rings is 1. The molecular formula is C25H39ClN4O2. The monoisotopic (exact) mass is 462 g/mol. The van der Waals surface area contributed by atoms with Crippen molar-refractivity contribution in [3.8, 4) is 11.4 Å². The van der Waals surface area contributed by atoms with E-state index in [0.717, 1.165) is 31.2 Å². The van der Waals surface area contributed by atoms with E-state index in [1.165, 1.54) is 56.9 Å². The largest absolute Gasteiger partial charge is 0.347 e. The Bertz CT molecular complexity index is 793. The molecule has 7 heteroatoms. The van der Waals surface area contributed by atoms with Crippen LogP contribution in [0.4, 0.5) is 0 Å². The van der Waals surface area contributed by atoms with Gasteiger partial charge in [0.05, 0.1) is 6.54 Å². The van der Waals surface area contributed by atoms with Crippen molar-refractivity contribution in [2.24, 2.45) is 11.7 Å².